The lowest BCUT2D eigenvalue weighted by molar-refractivity contribution is -0.149. The van der Waals surface area contributed by atoms with Crippen molar-refractivity contribution >= 4 is 75.4 Å². The fourth-order valence-electron chi connectivity index (χ4n) is 7.92. The van der Waals surface area contributed by atoms with Crippen molar-refractivity contribution in [3.8, 4) is 5.69 Å². The van der Waals surface area contributed by atoms with Gasteiger partial charge in [0, 0.05) is 53.9 Å². The standard InChI is InChI=1S/C43H49ClN10O9/c1-23(16-19-55)46-40(61)47-26-11-8-24(9-12-26)20-31(52-18-17-51(37(57)38(52)58)30-21-25(44)10-14-28(30)53-22-45-49-50-53)36(56)48-27-13-15-29-32(33(27)42(2,3)4)34(43(5,6)7)35(39(59)60)54(29)41(62)63/h8-15,21-23,31,55H,16-20H2,1-7H3,(H,48,56)(H,59,60)(H,62,63)(H2,46,47,61). The molecule has 3 heterocycles. The number of anilines is 3. The molecule has 6 rings (SSSR count). The number of piperazine rings is 1. The number of nitrogens with zero attached hydrogens (tertiary/aromatic N) is 7. The second-order valence-electron chi connectivity index (χ2n) is 17.3. The van der Waals surface area contributed by atoms with Gasteiger partial charge >= 0.3 is 29.9 Å². The Balaban J connectivity index is 1.41. The minimum atomic E-state index is -1.49. The quantitative estimate of drug-likeness (QED) is 0.0861. The first-order chi connectivity index (χ1) is 29.6. The zero-order valence-corrected chi connectivity index (χ0v) is 36.5. The van der Waals surface area contributed by atoms with E-state index in [2.05, 4.69) is 31.5 Å². The smallest absolute Gasteiger partial charge is 0.416 e. The van der Waals surface area contributed by atoms with E-state index in [1.54, 1.807) is 64.1 Å². The first-order valence-corrected chi connectivity index (χ1v) is 20.4. The van der Waals surface area contributed by atoms with Gasteiger partial charge in [-0.05, 0) is 93.8 Å². The van der Waals surface area contributed by atoms with E-state index in [-0.39, 0.29) is 59.6 Å². The number of nitrogens with one attached hydrogen (secondary N) is 3. The number of hydrogen-bond acceptors (Lipinski definition) is 10. The Kier molecular flexibility index (Phi) is 12.9. The Morgan fingerprint density at radius 3 is 2.13 bits per heavy atom. The third kappa shape index (κ3) is 9.48. The summed E-state index contributed by atoms with van der Waals surface area (Å²) in [5.41, 5.74) is 0.618. The van der Waals surface area contributed by atoms with Crippen molar-refractivity contribution in [2.45, 2.75) is 84.2 Å². The first-order valence-electron chi connectivity index (χ1n) is 20.0. The highest BCUT2D eigenvalue weighted by Crippen LogP contribution is 2.44. The van der Waals surface area contributed by atoms with Crippen molar-refractivity contribution in [3.05, 3.63) is 88.3 Å². The summed E-state index contributed by atoms with van der Waals surface area (Å²) in [5, 5.41) is 50.2. The largest absolute Gasteiger partial charge is 0.477 e. The molecule has 2 aromatic heterocycles. The Labute approximate surface area is 367 Å². The topological polar surface area (TPSA) is 254 Å². The van der Waals surface area contributed by atoms with E-state index in [9.17, 15) is 44.1 Å². The van der Waals surface area contributed by atoms with Gasteiger partial charge in [-0.25, -0.2) is 19.0 Å². The molecule has 0 aliphatic carbocycles. The summed E-state index contributed by atoms with van der Waals surface area (Å²) in [7, 11) is 0. The summed E-state index contributed by atoms with van der Waals surface area (Å²) in [6.07, 6.45) is 0.115. The predicted octanol–water partition coefficient (Wildman–Crippen LogP) is 5.41. The predicted molar refractivity (Wildman–Crippen MR) is 234 cm³/mol. The Bertz CT molecular complexity index is 2600. The summed E-state index contributed by atoms with van der Waals surface area (Å²) in [6.45, 7) is 12.4. The molecule has 1 aliphatic heterocycles. The number of hydrogen-bond donors (Lipinski definition) is 6. The maximum Gasteiger partial charge on any atom is 0.416 e. The fourth-order valence-corrected chi connectivity index (χ4v) is 8.08. The van der Waals surface area contributed by atoms with Gasteiger partial charge in [0.25, 0.3) is 0 Å². The van der Waals surface area contributed by atoms with Crippen molar-refractivity contribution in [1.82, 2.24) is 35.0 Å². The van der Waals surface area contributed by atoms with Gasteiger partial charge in [0.1, 0.15) is 18.1 Å². The molecule has 0 bridgehead atoms. The van der Waals surface area contributed by atoms with Gasteiger partial charge in [-0.15, -0.1) is 5.10 Å². The maximum atomic E-state index is 14.9. The number of carboxylic acid groups (broad SMARTS) is 2. The molecule has 6 N–H and O–H groups in total. The van der Waals surface area contributed by atoms with Crippen LogP contribution in [0.2, 0.25) is 5.02 Å². The minimum Gasteiger partial charge on any atom is -0.477 e. The molecule has 0 radical (unpaired) electrons. The number of aromatic carboxylic acids is 1. The molecule has 5 aromatic rings. The van der Waals surface area contributed by atoms with E-state index < -0.39 is 58.4 Å². The molecule has 1 saturated heterocycles. The van der Waals surface area contributed by atoms with Crippen LogP contribution in [-0.2, 0) is 31.6 Å². The molecule has 2 unspecified atom stereocenters. The van der Waals surface area contributed by atoms with Crippen LogP contribution in [0.25, 0.3) is 16.6 Å². The number of tetrazole rings is 1. The fraction of sp³-hybridized carbons (Fsp3) is 0.372. The van der Waals surface area contributed by atoms with Crippen molar-refractivity contribution in [3.63, 3.8) is 0 Å². The molecular weight excluding hydrogens is 836 g/mol. The van der Waals surface area contributed by atoms with E-state index in [4.69, 9.17) is 11.6 Å². The van der Waals surface area contributed by atoms with Crippen LogP contribution in [-0.4, -0.2) is 113 Å². The van der Waals surface area contributed by atoms with Crippen LogP contribution in [0.5, 0.6) is 0 Å². The summed E-state index contributed by atoms with van der Waals surface area (Å²) in [6, 6.07) is 12.2. The number of aliphatic hydroxyl groups is 1. The number of urea groups is 1. The van der Waals surface area contributed by atoms with Gasteiger partial charge in [-0.2, -0.15) is 4.68 Å². The van der Waals surface area contributed by atoms with Crippen LogP contribution in [0.15, 0.2) is 60.9 Å². The Morgan fingerprint density at radius 1 is 0.857 bits per heavy atom. The third-order valence-corrected chi connectivity index (χ3v) is 10.9. The number of fused-ring (bicyclic) bond motifs is 1. The van der Waals surface area contributed by atoms with Crippen molar-refractivity contribution < 1.29 is 44.1 Å². The van der Waals surface area contributed by atoms with E-state index in [1.165, 1.54) is 39.0 Å². The monoisotopic (exact) mass is 884 g/mol. The van der Waals surface area contributed by atoms with Crippen LogP contribution in [0.4, 0.5) is 26.7 Å². The van der Waals surface area contributed by atoms with Gasteiger partial charge in [0.15, 0.2) is 0 Å². The molecule has 0 saturated carbocycles. The number of aliphatic hydroxyl groups excluding tert-OH is 1. The molecule has 20 heteroatoms. The van der Waals surface area contributed by atoms with E-state index in [0.717, 1.165) is 4.57 Å². The lowest BCUT2D eigenvalue weighted by atomic mass is 9.77. The van der Waals surface area contributed by atoms with Crippen molar-refractivity contribution in [2.75, 3.05) is 35.2 Å². The SMILES string of the molecule is CC(CCO)NC(=O)Nc1ccc(CC(C(=O)Nc2ccc3c(c2C(C)(C)C)c(C(C)(C)C)c(C(=O)O)n3C(=O)O)N2CCN(c3cc(Cl)ccc3-n3cnnn3)C(=O)C2=O)cc1. The molecule has 3 aromatic carbocycles. The van der Waals surface area contributed by atoms with Gasteiger partial charge in [-0.1, -0.05) is 65.3 Å². The first kappa shape index (κ1) is 45.7. The normalized spacial score (nSPS) is 14.4. The molecule has 0 spiro atoms. The highest BCUT2D eigenvalue weighted by atomic mass is 35.5. The number of rotatable bonds is 12. The molecule has 19 nitrogen and oxygen atoms in total. The van der Waals surface area contributed by atoms with E-state index in [1.807, 2.05) is 20.8 Å². The molecule has 332 valence electrons. The molecule has 1 fully saturated rings. The van der Waals surface area contributed by atoms with Crippen LogP contribution in [0.1, 0.15) is 82.1 Å². The average Bonchev–Trinajstić information content (AvgIpc) is 3.86. The minimum absolute atomic E-state index is 0.0503. The van der Waals surface area contributed by atoms with Crippen LogP contribution >= 0.6 is 11.6 Å². The number of halogens is 1. The highest BCUT2D eigenvalue weighted by molar-refractivity contribution is 6.41. The summed E-state index contributed by atoms with van der Waals surface area (Å²) >= 11 is 6.36. The van der Waals surface area contributed by atoms with Gasteiger partial charge in [0.2, 0.25) is 5.91 Å². The lowest BCUT2D eigenvalue weighted by Crippen LogP contribution is -2.60. The second kappa shape index (κ2) is 17.9. The number of carbonyl (C=O) groups is 6. The molecular formula is C43H49ClN10O9. The number of aromatic nitrogens is 5. The number of amides is 5. The molecule has 63 heavy (non-hydrogen) atoms. The molecule has 1 aliphatic rings. The van der Waals surface area contributed by atoms with E-state index >= 15 is 0 Å². The van der Waals surface area contributed by atoms with Crippen LogP contribution < -0.4 is 20.9 Å². The van der Waals surface area contributed by atoms with Crippen LogP contribution in [0.3, 0.4) is 0 Å². The van der Waals surface area contributed by atoms with E-state index in [0.29, 0.717) is 34.3 Å². The lowest BCUT2D eigenvalue weighted by Gasteiger charge is -2.38. The van der Waals surface area contributed by atoms with Crippen LogP contribution in [0, 0.1) is 0 Å². The number of carboxylic acids is 1. The zero-order chi connectivity index (χ0) is 46.1. The summed E-state index contributed by atoms with van der Waals surface area (Å²) < 4.78 is 2.07. The van der Waals surface area contributed by atoms with Gasteiger partial charge < -0.3 is 41.1 Å². The maximum absolute atomic E-state index is 14.9. The van der Waals surface area contributed by atoms with Gasteiger partial charge in [0.05, 0.1) is 16.9 Å². The van der Waals surface area contributed by atoms with Crippen molar-refractivity contribution in [1.29, 1.82) is 0 Å². The zero-order valence-electron chi connectivity index (χ0n) is 35.8. The average molecular weight is 885 g/mol. The Morgan fingerprint density at radius 2 is 1.54 bits per heavy atom. The van der Waals surface area contributed by atoms with Gasteiger partial charge in [-0.3, -0.25) is 14.4 Å². The van der Waals surface area contributed by atoms with Crippen molar-refractivity contribution in [2.24, 2.45) is 0 Å². The summed E-state index contributed by atoms with van der Waals surface area (Å²) in [5.74, 6) is -4.05. The number of carbonyl (C=O) groups excluding carboxylic acids is 4. The third-order valence-electron chi connectivity index (χ3n) is 10.6. The molecule has 2 atom stereocenters. The Hall–Kier alpha value is -6.86. The highest BCUT2D eigenvalue weighted by Gasteiger charge is 2.42. The molecule has 5 amide bonds. The summed E-state index contributed by atoms with van der Waals surface area (Å²) in [4.78, 5) is 83.7. The second-order valence-corrected chi connectivity index (χ2v) is 17.7. The number of benzene rings is 3.